The van der Waals surface area contributed by atoms with E-state index in [4.69, 9.17) is 4.74 Å². The molecule has 13 heavy (non-hydrogen) atoms. The minimum Gasteiger partial charge on any atom is -0.381 e. The highest BCUT2D eigenvalue weighted by Crippen LogP contribution is 2.13. The highest BCUT2D eigenvalue weighted by Gasteiger charge is 2.22. The average Bonchev–Trinajstić information content (AvgIpc) is 2.32. The fourth-order valence-corrected chi connectivity index (χ4v) is 1.64. The molecule has 1 saturated heterocycles. The lowest BCUT2D eigenvalue weighted by molar-refractivity contribution is 0.140. The van der Waals surface area contributed by atoms with Crippen LogP contribution in [-0.2, 0) is 4.74 Å². The summed E-state index contributed by atoms with van der Waals surface area (Å²) in [5, 5.41) is 3.33. The summed E-state index contributed by atoms with van der Waals surface area (Å²) in [6.07, 6.45) is 3.19. The molecular formula is C10H20FNO. The zero-order chi connectivity index (χ0) is 9.73. The van der Waals surface area contributed by atoms with Gasteiger partial charge in [-0.15, -0.1) is 0 Å². The predicted octanol–water partition coefficient (Wildman–Crippen LogP) is 1.89. The van der Waals surface area contributed by atoms with Crippen molar-refractivity contribution in [3.05, 3.63) is 0 Å². The molecule has 1 aliphatic rings. The number of ether oxygens (including phenoxy) is 1. The van der Waals surface area contributed by atoms with Crippen LogP contribution < -0.4 is 5.32 Å². The topological polar surface area (TPSA) is 21.3 Å². The number of halogens is 1. The van der Waals surface area contributed by atoms with Crippen LogP contribution in [0.1, 0.15) is 33.1 Å². The third-order valence-electron chi connectivity index (χ3n) is 2.38. The molecule has 0 aliphatic carbocycles. The zero-order valence-electron chi connectivity index (χ0n) is 8.61. The maximum absolute atomic E-state index is 12.5. The molecule has 1 rings (SSSR count). The molecule has 0 bridgehead atoms. The molecule has 0 spiro atoms. The van der Waals surface area contributed by atoms with E-state index in [1.165, 1.54) is 0 Å². The van der Waals surface area contributed by atoms with Gasteiger partial charge in [-0.1, -0.05) is 0 Å². The maximum atomic E-state index is 12.5. The summed E-state index contributed by atoms with van der Waals surface area (Å²) in [5.41, 5.74) is -0.380. The van der Waals surface area contributed by atoms with Crippen LogP contribution in [0.3, 0.4) is 0 Å². The minimum absolute atomic E-state index is 0.315. The van der Waals surface area contributed by atoms with Crippen molar-refractivity contribution in [2.45, 2.75) is 44.7 Å². The van der Waals surface area contributed by atoms with E-state index >= 15 is 0 Å². The lowest BCUT2D eigenvalue weighted by atomic mass is 10.0. The molecule has 0 radical (unpaired) electrons. The van der Waals surface area contributed by atoms with E-state index in [-0.39, 0.29) is 12.2 Å². The summed E-state index contributed by atoms with van der Waals surface area (Å²) in [5.74, 6) is 0. The molecule has 2 nitrogen and oxygen atoms in total. The van der Waals surface area contributed by atoms with E-state index < -0.39 is 0 Å². The average molecular weight is 189 g/mol. The third kappa shape index (κ3) is 4.05. The molecule has 0 amide bonds. The van der Waals surface area contributed by atoms with Gasteiger partial charge in [0.1, 0.15) is 6.67 Å². The summed E-state index contributed by atoms with van der Waals surface area (Å²) >= 11 is 0. The van der Waals surface area contributed by atoms with Crippen molar-refractivity contribution in [1.82, 2.24) is 5.32 Å². The van der Waals surface area contributed by atoms with Crippen LogP contribution >= 0.6 is 0 Å². The lowest BCUT2D eigenvalue weighted by Gasteiger charge is -2.28. The maximum Gasteiger partial charge on any atom is 0.107 e. The normalized spacial score (nSPS) is 25.6. The molecule has 0 aromatic heterocycles. The first-order chi connectivity index (χ1) is 6.14. The summed E-state index contributed by atoms with van der Waals surface area (Å²) in [6, 6.07) is 0.424. The molecule has 0 saturated carbocycles. The molecule has 3 heteroatoms. The Morgan fingerprint density at radius 3 is 2.85 bits per heavy atom. The number of rotatable bonds is 3. The first-order valence-corrected chi connectivity index (χ1v) is 5.05. The Morgan fingerprint density at radius 1 is 1.38 bits per heavy atom. The van der Waals surface area contributed by atoms with Crippen LogP contribution in [0, 0.1) is 0 Å². The van der Waals surface area contributed by atoms with Gasteiger partial charge in [0.25, 0.3) is 0 Å². The monoisotopic (exact) mass is 189 g/mol. The molecule has 0 aromatic rings. The van der Waals surface area contributed by atoms with Gasteiger partial charge in [0.2, 0.25) is 0 Å². The Kier molecular flexibility index (Phi) is 4.13. The molecule has 1 fully saturated rings. The standard InChI is InChI=1S/C10H20FNO/c1-10(2,8-11)12-9-4-3-6-13-7-5-9/h9,12H,3-8H2,1-2H3. The van der Waals surface area contributed by atoms with Gasteiger partial charge < -0.3 is 10.1 Å². The first kappa shape index (κ1) is 10.9. The Hall–Kier alpha value is -0.150. The number of nitrogens with one attached hydrogen (secondary N) is 1. The Bertz CT molecular complexity index is 142. The van der Waals surface area contributed by atoms with E-state index in [9.17, 15) is 4.39 Å². The molecule has 78 valence electrons. The molecule has 1 unspecified atom stereocenters. The number of hydrogen-bond acceptors (Lipinski definition) is 2. The smallest absolute Gasteiger partial charge is 0.107 e. The van der Waals surface area contributed by atoms with Gasteiger partial charge in [0.05, 0.1) is 0 Å². The van der Waals surface area contributed by atoms with Crippen LogP contribution in [-0.4, -0.2) is 31.5 Å². The fraction of sp³-hybridized carbons (Fsp3) is 1.00. The predicted molar refractivity (Wildman–Crippen MR) is 51.6 cm³/mol. The van der Waals surface area contributed by atoms with Crippen LogP contribution in [0.4, 0.5) is 4.39 Å². The largest absolute Gasteiger partial charge is 0.381 e. The van der Waals surface area contributed by atoms with E-state index in [0.29, 0.717) is 6.04 Å². The van der Waals surface area contributed by atoms with Gasteiger partial charge in [0, 0.05) is 24.8 Å². The molecule has 1 heterocycles. The van der Waals surface area contributed by atoms with Crippen molar-refractivity contribution >= 4 is 0 Å². The van der Waals surface area contributed by atoms with E-state index in [1.807, 2.05) is 13.8 Å². The van der Waals surface area contributed by atoms with E-state index in [2.05, 4.69) is 5.32 Å². The highest BCUT2D eigenvalue weighted by molar-refractivity contribution is 4.82. The molecule has 1 atom stereocenters. The molecule has 1 N–H and O–H groups in total. The second-order valence-corrected chi connectivity index (χ2v) is 4.40. The summed E-state index contributed by atoms with van der Waals surface area (Å²) in [7, 11) is 0. The van der Waals surface area contributed by atoms with Gasteiger partial charge in [-0.25, -0.2) is 4.39 Å². The number of hydrogen-bond donors (Lipinski definition) is 1. The fourth-order valence-electron chi connectivity index (χ4n) is 1.64. The van der Waals surface area contributed by atoms with E-state index in [1.54, 1.807) is 0 Å². The summed E-state index contributed by atoms with van der Waals surface area (Å²) in [4.78, 5) is 0. The Labute approximate surface area is 79.8 Å². The summed E-state index contributed by atoms with van der Waals surface area (Å²) < 4.78 is 17.9. The molecule has 1 aliphatic heterocycles. The van der Waals surface area contributed by atoms with Crippen LogP contribution in [0.25, 0.3) is 0 Å². The van der Waals surface area contributed by atoms with Crippen LogP contribution in [0.2, 0.25) is 0 Å². The van der Waals surface area contributed by atoms with Gasteiger partial charge in [0.15, 0.2) is 0 Å². The highest BCUT2D eigenvalue weighted by atomic mass is 19.1. The van der Waals surface area contributed by atoms with Crippen LogP contribution in [0.15, 0.2) is 0 Å². The SMILES string of the molecule is CC(C)(CF)NC1CCCOCC1. The zero-order valence-corrected chi connectivity index (χ0v) is 8.61. The summed E-state index contributed by atoms with van der Waals surface area (Å²) in [6.45, 7) is 5.15. The molecular weight excluding hydrogens is 169 g/mol. The van der Waals surface area contributed by atoms with Gasteiger partial charge >= 0.3 is 0 Å². The molecule has 0 aromatic carbocycles. The van der Waals surface area contributed by atoms with Gasteiger partial charge in [-0.05, 0) is 33.1 Å². The van der Waals surface area contributed by atoms with Crippen molar-refractivity contribution in [3.8, 4) is 0 Å². The second-order valence-electron chi connectivity index (χ2n) is 4.40. The van der Waals surface area contributed by atoms with Gasteiger partial charge in [-0.3, -0.25) is 0 Å². The van der Waals surface area contributed by atoms with Crippen LogP contribution in [0.5, 0.6) is 0 Å². The Morgan fingerprint density at radius 2 is 2.15 bits per heavy atom. The van der Waals surface area contributed by atoms with Crippen molar-refractivity contribution in [3.63, 3.8) is 0 Å². The third-order valence-corrected chi connectivity index (χ3v) is 2.38. The quantitative estimate of drug-likeness (QED) is 0.732. The minimum atomic E-state index is -0.380. The number of alkyl halides is 1. The van der Waals surface area contributed by atoms with Crippen molar-refractivity contribution in [2.75, 3.05) is 19.9 Å². The second kappa shape index (κ2) is 4.91. The van der Waals surface area contributed by atoms with Crippen molar-refractivity contribution in [1.29, 1.82) is 0 Å². The van der Waals surface area contributed by atoms with Gasteiger partial charge in [-0.2, -0.15) is 0 Å². The van der Waals surface area contributed by atoms with Crippen molar-refractivity contribution in [2.24, 2.45) is 0 Å². The Balaban J connectivity index is 2.33. The van der Waals surface area contributed by atoms with Crippen molar-refractivity contribution < 1.29 is 9.13 Å². The lowest BCUT2D eigenvalue weighted by Crippen LogP contribution is -2.47. The van der Waals surface area contributed by atoms with E-state index in [0.717, 1.165) is 32.5 Å². The first-order valence-electron chi connectivity index (χ1n) is 5.05.